The Labute approximate surface area is 153 Å². The first-order chi connectivity index (χ1) is 12.5. The summed E-state index contributed by atoms with van der Waals surface area (Å²) in [5, 5.41) is 2.77. The quantitative estimate of drug-likeness (QED) is 0.753. The van der Waals surface area contributed by atoms with Crippen molar-refractivity contribution in [2.24, 2.45) is 5.92 Å². The highest BCUT2D eigenvalue weighted by Crippen LogP contribution is 2.26. The molecule has 7 heteroatoms. The van der Waals surface area contributed by atoms with Crippen molar-refractivity contribution in [1.82, 2.24) is 10.0 Å². The van der Waals surface area contributed by atoms with E-state index in [0.29, 0.717) is 13.0 Å². The zero-order chi connectivity index (χ0) is 18.6. The zero-order valence-electron chi connectivity index (χ0n) is 14.6. The standard InChI is InChI=1S/C19H22N2O4S/c1-14-6-8-17(9-7-14)26(23,24)21-11-10-20-19(22)16-12-15-4-2-3-5-18(15)25-13-16/h2-9,16,21H,10-13H2,1H3,(H,20,22). The molecule has 1 atom stereocenters. The molecule has 1 amide bonds. The smallest absolute Gasteiger partial charge is 0.240 e. The summed E-state index contributed by atoms with van der Waals surface area (Å²) in [6.07, 6.45) is 0.622. The minimum Gasteiger partial charge on any atom is -0.492 e. The van der Waals surface area contributed by atoms with Gasteiger partial charge in [-0.25, -0.2) is 13.1 Å². The lowest BCUT2D eigenvalue weighted by Crippen LogP contribution is -2.41. The van der Waals surface area contributed by atoms with E-state index in [1.165, 1.54) is 0 Å². The van der Waals surface area contributed by atoms with Gasteiger partial charge in [-0.2, -0.15) is 0 Å². The van der Waals surface area contributed by atoms with Gasteiger partial charge in [0.05, 0.1) is 10.8 Å². The number of aryl methyl sites for hydroxylation is 1. The summed E-state index contributed by atoms with van der Waals surface area (Å²) in [6.45, 7) is 2.58. The maximum absolute atomic E-state index is 12.3. The molecule has 6 nitrogen and oxygen atoms in total. The van der Waals surface area contributed by atoms with Crippen molar-refractivity contribution in [2.45, 2.75) is 18.2 Å². The first kappa shape index (κ1) is 18.4. The molecule has 2 N–H and O–H groups in total. The summed E-state index contributed by atoms with van der Waals surface area (Å²) < 4.78 is 32.5. The van der Waals surface area contributed by atoms with Crippen LogP contribution in [0.1, 0.15) is 11.1 Å². The summed E-state index contributed by atoms with van der Waals surface area (Å²) in [7, 11) is -3.57. The van der Waals surface area contributed by atoms with Gasteiger partial charge in [-0.05, 0) is 37.1 Å². The lowest BCUT2D eigenvalue weighted by molar-refractivity contribution is -0.126. The second kappa shape index (κ2) is 7.88. The van der Waals surface area contributed by atoms with E-state index in [1.54, 1.807) is 24.3 Å². The van der Waals surface area contributed by atoms with Gasteiger partial charge in [0.25, 0.3) is 0 Å². The number of fused-ring (bicyclic) bond motifs is 1. The molecule has 1 heterocycles. The lowest BCUT2D eigenvalue weighted by atomic mass is 9.96. The largest absolute Gasteiger partial charge is 0.492 e. The van der Waals surface area contributed by atoms with Crippen LogP contribution in [0.3, 0.4) is 0 Å². The molecule has 0 radical (unpaired) electrons. The van der Waals surface area contributed by atoms with E-state index in [-0.39, 0.29) is 29.8 Å². The van der Waals surface area contributed by atoms with E-state index < -0.39 is 10.0 Å². The van der Waals surface area contributed by atoms with Gasteiger partial charge in [0, 0.05) is 13.1 Å². The van der Waals surface area contributed by atoms with Gasteiger partial charge >= 0.3 is 0 Å². The van der Waals surface area contributed by atoms with Crippen LogP contribution in [-0.4, -0.2) is 34.0 Å². The van der Waals surface area contributed by atoms with E-state index in [1.807, 2.05) is 31.2 Å². The minimum absolute atomic E-state index is 0.131. The third-order valence-electron chi connectivity index (χ3n) is 4.30. The van der Waals surface area contributed by atoms with Crippen molar-refractivity contribution in [2.75, 3.05) is 19.7 Å². The molecule has 0 saturated carbocycles. The molecular formula is C19H22N2O4S. The van der Waals surface area contributed by atoms with Crippen LogP contribution in [0.4, 0.5) is 0 Å². The summed E-state index contributed by atoms with van der Waals surface area (Å²) in [6, 6.07) is 14.3. The van der Waals surface area contributed by atoms with Crippen molar-refractivity contribution < 1.29 is 17.9 Å². The Kier molecular flexibility index (Phi) is 5.58. The molecule has 2 aromatic carbocycles. The highest BCUT2D eigenvalue weighted by atomic mass is 32.2. The fourth-order valence-electron chi connectivity index (χ4n) is 2.81. The number of amides is 1. The zero-order valence-corrected chi connectivity index (χ0v) is 15.4. The molecular weight excluding hydrogens is 352 g/mol. The number of ether oxygens (including phenoxy) is 1. The van der Waals surface area contributed by atoms with Crippen LogP contribution in [-0.2, 0) is 21.2 Å². The maximum Gasteiger partial charge on any atom is 0.240 e. The molecule has 0 saturated heterocycles. The first-order valence-electron chi connectivity index (χ1n) is 8.50. The van der Waals surface area contributed by atoms with Crippen molar-refractivity contribution in [3.8, 4) is 5.75 Å². The highest BCUT2D eigenvalue weighted by molar-refractivity contribution is 7.89. The Morgan fingerprint density at radius 2 is 1.85 bits per heavy atom. The second-order valence-corrected chi connectivity index (χ2v) is 8.09. The molecule has 1 unspecified atom stereocenters. The Morgan fingerprint density at radius 3 is 2.62 bits per heavy atom. The van der Waals surface area contributed by atoms with Gasteiger partial charge in [0.2, 0.25) is 15.9 Å². The fraction of sp³-hybridized carbons (Fsp3) is 0.316. The van der Waals surface area contributed by atoms with Gasteiger partial charge in [-0.1, -0.05) is 35.9 Å². The monoisotopic (exact) mass is 374 g/mol. The van der Waals surface area contributed by atoms with E-state index in [9.17, 15) is 13.2 Å². The van der Waals surface area contributed by atoms with E-state index in [4.69, 9.17) is 4.74 Å². The third kappa shape index (κ3) is 4.42. The molecule has 26 heavy (non-hydrogen) atoms. The molecule has 0 bridgehead atoms. The second-order valence-electron chi connectivity index (χ2n) is 6.32. The van der Waals surface area contributed by atoms with Crippen molar-refractivity contribution in [3.63, 3.8) is 0 Å². The molecule has 0 fully saturated rings. The van der Waals surface area contributed by atoms with Crippen molar-refractivity contribution >= 4 is 15.9 Å². The van der Waals surface area contributed by atoms with Crippen LogP contribution in [0.15, 0.2) is 53.4 Å². The molecule has 1 aliphatic rings. The number of sulfonamides is 1. The molecule has 0 aromatic heterocycles. The van der Waals surface area contributed by atoms with Gasteiger partial charge < -0.3 is 10.1 Å². The summed E-state index contributed by atoms with van der Waals surface area (Å²) in [5.74, 6) is 0.426. The average molecular weight is 374 g/mol. The normalized spacial score (nSPS) is 16.4. The van der Waals surface area contributed by atoms with E-state index in [2.05, 4.69) is 10.0 Å². The maximum atomic E-state index is 12.3. The van der Waals surface area contributed by atoms with Crippen molar-refractivity contribution in [1.29, 1.82) is 0 Å². The van der Waals surface area contributed by atoms with Crippen LogP contribution >= 0.6 is 0 Å². The number of carbonyl (C=O) groups is 1. The molecule has 2 aromatic rings. The number of hydrogen-bond acceptors (Lipinski definition) is 4. The predicted octanol–water partition coefficient (Wildman–Crippen LogP) is 1.64. The predicted molar refractivity (Wildman–Crippen MR) is 98.5 cm³/mol. The summed E-state index contributed by atoms with van der Waals surface area (Å²) in [4.78, 5) is 12.5. The number of para-hydroxylation sites is 1. The lowest BCUT2D eigenvalue weighted by Gasteiger charge is -2.24. The Morgan fingerprint density at radius 1 is 1.12 bits per heavy atom. The molecule has 0 spiro atoms. The number of nitrogens with one attached hydrogen (secondary N) is 2. The number of hydrogen-bond donors (Lipinski definition) is 2. The number of carbonyl (C=O) groups excluding carboxylic acids is 1. The van der Waals surface area contributed by atoms with Crippen molar-refractivity contribution in [3.05, 3.63) is 59.7 Å². The van der Waals surface area contributed by atoms with Crippen LogP contribution in [0.25, 0.3) is 0 Å². The van der Waals surface area contributed by atoms with Gasteiger partial charge in [-0.15, -0.1) is 0 Å². The Hall–Kier alpha value is -2.38. The Bertz CT molecular complexity index is 879. The fourth-order valence-corrected chi connectivity index (χ4v) is 3.84. The SMILES string of the molecule is Cc1ccc(S(=O)(=O)NCCNC(=O)C2COc3ccccc3C2)cc1. The topological polar surface area (TPSA) is 84.5 Å². The van der Waals surface area contributed by atoms with Crippen LogP contribution in [0.2, 0.25) is 0 Å². The van der Waals surface area contributed by atoms with Gasteiger partial charge in [0.1, 0.15) is 12.4 Å². The summed E-state index contributed by atoms with van der Waals surface area (Å²) in [5.41, 5.74) is 2.01. The Balaban J connectivity index is 1.46. The average Bonchev–Trinajstić information content (AvgIpc) is 2.65. The van der Waals surface area contributed by atoms with Gasteiger partial charge in [0.15, 0.2) is 0 Å². The van der Waals surface area contributed by atoms with Crippen LogP contribution < -0.4 is 14.8 Å². The molecule has 0 aliphatic carbocycles. The minimum atomic E-state index is -3.57. The molecule has 3 rings (SSSR count). The van der Waals surface area contributed by atoms with Crippen LogP contribution in [0.5, 0.6) is 5.75 Å². The third-order valence-corrected chi connectivity index (χ3v) is 5.77. The highest BCUT2D eigenvalue weighted by Gasteiger charge is 2.25. The molecule has 138 valence electrons. The van der Waals surface area contributed by atoms with E-state index in [0.717, 1.165) is 16.9 Å². The summed E-state index contributed by atoms with van der Waals surface area (Å²) >= 11 is 0. The number of benzene rings is 2. The first-order valence-corrected chi connectivity index (χ1v) is 9.99. The molecule has 1 aliphatic heterocycles. The van der Waals surface area contributed by atoms with E-state index >= 15 is 0 Å². The van der Waals surface area contributed by atoms with Crippen LogP contribution in [0, 0.1) is 12.8 Å². The number of rotatable bonds is 6. The van der Waals surface area contributed by atoms with Gasteiger partial charge in [-0.3, -0.25) is 4.79 Å².